The maximum atomic E-state index is 12.3. The van der Waals surface area contributed by atoms with Gasteiger partial charge in [-0.1, -0.05) is 113 Å². The van der Waals surface area contributed by atoms with E-state index in [1.807, 2.05) is 45.2 Å². The van der Waals surface area contributed by atoms with Gasteiger partial charge in [-0.05, 0) is 28.7 Å². The minimum atomic E-state index is -4.24. The molecule has 0 aliphatic carbocycles. The first kappa shape index (κ1) is 17.9. The molecular formula is C5HF3I6. The highest BCUT2D eigenvalue weighted by Crippen LogP contribution is 2.56. The summed E-state index contributed by atoms with van der Waals surface area (Å²) in [5.74, 6) is 0. The van der Waals surface area contributed by atoms with Crippen molar-refractivity contribution in [3.63, 3.8) is 0 Å². The Morgan fingerprint density at radius 3 is 1.50 bits per heavy atom. The van der Waals surface area contributed by atoms with Crippen LogP contribution in [-0.2, 0) is 0 Å². The van der Waals surface area contributed by atoms with E-state index < -0.39 is 11.2 Å². The van der Waals surface area contributed by atoms with E-state index >= 15 is 0 Å². The largest absolute Gasteiger partial charge is 0.421 e. The summed E-state index contributed by atoms with van der Waals surface area (Å²) in [7, 11) is 0. The molecule has 0 N–H and O–H groups in total. The lowest BCUT2D eigenvalue weighted by atomic mass is 10.4. The molecule has 0 aromatic rings. The fraction of sp³-hybridized carbons (Fsp3) is 0.600. The summed E-state index contributed by atoms with van der Waals surface area (Å²) in [6, 6.07) is 0. The molecule has 0 heterocycles. The minimum absolute atomic E-state index is 0.303. The van der Waals surface area contributed by atoms with Crippen molar-refractivity contribution in [1.29, 1.82) is 0 Å². The van der Waals surface area contributed by atoms with Gasteiger partial charge < -0.3 is 0 Å². The fourth-order valence-electron chi connectivity index (χ4n) is 0.323. The lowest BCUT2D eigenvalue weighted by Gasteiger charge is -2.27. The SMILES string of the molecule is FC(F)(F)C(I)=CC(I)(I)C(I)(I)I. The molecule has 0 unspecified atom stereocenters. The molecule has 0 aliphatic heterocycles. The van der Waals surface area contributed by atoms with Crippen LogP contribution in [0.2, 0.25) is 0 Å². The van der Waals surface area contributed by atoms with E-state index in [0.717, 1.165) is 0 Å². The summed E-state index contributed by atoms with van der Waals surface area (Å²) >= 11 is 11.7. The predicted molar refractivity (Wildman–Crippen MR) is 104 cm³/mol. The molecule has 14 heavy (non-hydrogen) atoms. The van der Waals surface area contributed by atoms with Crippen molar-refractivity contribution in [3.8, 4) is 0 Å². The van der Waals surface area contributed by atoms with Crippen molar-refractivity contribution >= 4 is 136 Å². The topological polar surface area (TPSA) is 0 Å². The molecule has 0 amide bonds. The zero-order valence-corrected chi connectivity index (χ0v) is 18.9. The highest BCUT2D eigenvalue weighted by molar-refractivity contribution is 14.3. The van der Waals surface area contributed by atoms with Crippen LogP contribution in [0, 0.1) is 0 Å². The zero-order chi connectivity index (χ0) is 11.8. The quantitative estimate of drug-likeness (QED) is 0.223. The third-order valence-electron chi connectivity index (χ3n) is 0.957. The van der Waals surface area contributed by atoms with Crippen molar-refractivity contribution in [3.05, 3.63) is 9.66 Å². The Bertz CT molecular complexity index is 237. The van der Waals surface area contributed by atoms with Crippen LogP contribution in [0.15, 0.2) is 9.66 Å². The summed E-state index contributed by atoms with van der Waals surface area (Å²) in [6.07, 6.45) is -2.99. The summed E-state index contributed by atoms with van der Waals surface area (Å²) < 4.78 is 35.4. The van der Waals surface area contributed by atoms with E-state index in [2.05, 4.69) is 67.8 Å². The van der Waals surface area contributed by atoms with Gasteiger partial charge in [0, 0.05) is 0 Å². The fourth-order valence-corrected chi connectivity index (χ4v) is 3.07. The number of hydrogen-bond donors (Lipinski definition) is 0. The normalized spacial score (nSPS) is 15.9. The molecule has 0 bridgehead atoms. The lowest BCUT2D eigenvalue weighted by molar-refractivity contribution is -0.0819. The van der Waals surface area contributed by atoms with Crippen LogP contribution in [-0.4, -0.2) is 7.04 Å². The Morgan fingerprint density at radius 1 is 0.929 bits per heavy atom. The Hall–Kier alpha value is 3.91. The summed E-state index contributed by atoms with van der Waals surface area (Å²) in [5.41, 5.74) is 0. The summed E-state index contributed by atoms with van der Waals surface area (Å²) in [6.45, 7) is 0. The van der Waals surface area contributed by atoms with Crippen molar-refractivity contribution in [1.82, 2.24) is 0 Å². The van der Waals surface area contributed by atoms with Crippen molar-refractivity contribution in [2.24, 2.45) is 0 Å². The van der Waals surface area contributed by atoms with Crippen LogP contribution in [0.3, 0.4) is 0 Å². The van der Waals surface area contributed by atoms with Gasteiger partial charge in [-0.3, -0.25) is 0 Å². The molecule has 0 rings (SSSR count). The molecular weight excluding hydrogens is 878 g/mol. The number of halogens is 9. The van der Waals surface area contributed by atoms with Crippen LogP contribution in [0.25, 0.3) is 0 Å². The van der Waals surface area contributed by atoms with Crippen LogP contribution < -0.4 is 0 Å². The monoisotopic (exact) mass is 879 g/mol. The van der Waals surface area contributed by atoms with Crippen LogP contribution in [0.4, 0.5) is 13.2 Å². The average molecular weight is 879 g/mol. The molecule has 84 valence electrons. The van der Waals surface area contributed by atoms with Gasteiger partial charge in [-0.2, -0.15) is 13.2 Å². The first-order valence-corrected chi connectivity index (χ1v) is 9.25. The standard InChI is InChI=1S/C5HF3I6/c6-4(7,8)2(9)1-3(10,11)5(12,13)14/h1H. The molecule has 0 fully saturated rings. The summed E-state index contributed by atoms with van der Waals surface area (Å²) in [5, 5.41) is 0. The summed E-state index contributed by atoms with van der Waals surface area (Å²) in [4.78, 5) is 0. The number of rotatable bonds is 2. The third kappa shape index (κ3) is 6.19. The van der Waals surface area contributed by atoms with Crippen molar-refractivity contribution in [2.45, 2.75) is 7.04 Å². The van der Waals surface area contributed by atoms with Crippen LogP contribution in [0.5, 0.6) is 0 Å². The van der Waals surface area contributed by atoms with Gasteiger partial charge in [0.2, 0.25) is 0 Å². The maximum absolute atomic E-state index is 12.3. The molecule has 0 saturated carbocycles. The van der Waals surface area contributed by atoms with Crippen LogP contribution >= 0.6 is 136 Å². The van der Waals surface area contributed by atoms with Gasteiger partial charge in [0.1, 0.15) is 1.43 Å². The van der Waals surface area contributed by atoms with E-state index in [1.54, 1.807) is 0 Å². The number of allylic oxidation sites excluding steroid dienone is 2. The Balaban J connectivity index is 5.00. The highest BCUT2D eigenvalue weighted by Gasteiger charge is 2.43. The van der Waals surface area contributed by atoms with E-state index in [9.17, 15) is 13.2 Å². The van der Waals surface area contributed by atoms with E-state index in [-0.39, 0.29) is -0.565 Å². The van der Waals surface area contributed by atoms with E-state index in [0.29, 0.717) is 0 Å². The van der Waals surface area contributed by atoms with E-state index in [4.69, 9.17) is 0 Å². The Kier molecular flexibility index (Phi) is 8.16. The van der Waals surface area contributed by atoms with Crippen molar-refractivity contribution in [2.75, 3.05) is 0 Å². The van der Waals surface area contributed by atoms with Gasteiger partial charge in [0.05, 0.1) is 3.58 Å². The third-order valence-corrected chi connectivity index (χ3v) is 12.9. The van der Waals surface area contributed by atoms with E-state index in [1.165, 1.54) is 28.7 Å². The van der Waals surface area contributed by atoms with Gasteiger partial charge in [-0.25, -0.2) is 0 Å². The first-order valence-electron chi connectivity index (χ1n) is 2.78. The Morgan fingerprint density at radius 2 is 1.29 bits per heavy atom. The predicted octanol–water partition coefficient (Wildman–Crippen LogP) is 6.39. The first-order chi connectivity index (χ1) is 5.88. The van der Waals surface area contributed by atoms with Crippen LogP contribution in [0.1, 0.15) is 0 Å². The zero-order valence-electron chi connectivity index (χ0n) is 5.98. The molecule has 0 aromatic carbocycles. The second-order valence-corrected chi connectivity index (χ2v) is 19.8. The minimum Gasteiger partial charge on any atom is -0.166 e. The average Bonchev–Trinajstić information content (AvgIpc) is 1.80. The molecule has 0 atom stereocenters. The maximum Gasteiger partial charge on any atom is 0.421 e. The molecule has 0 aromatic heterocycles. The Labute approximate surface area is 162 Å². The van der Waals surface area contributed by atoms with Gasteiger partial charge in [0.25, 0.3) is 0 Å². The molecule has 0 spiro atoms. The second kappa shape index (κ2) is 6.38. The molecule has 0 nitrogen and oxygen atoms in total. The van der Waals surface area contributed by atoms with Gasteiger partial charge >= 0.3 is 6.18 Å². The molecule has 9 heteroatoms. The highest BCUT2D eigenvalue weighted by atomic mass is 127. The number of alkyl halides is 8. The van der Waals surface area contributed by atoms with Crippen molar-refractivity contribution < 1.29 is 13.2 Å². The smallest absolute Gasteiger partial charge is 0.166 e. The molecule has 0 aliphatic rings. The second-order valence-electron chi connectivity index (χ2n) is 2.11. The molecule has 0 radical (unpaired) electrons. The number of hydrogen-bond acceptors (Lipinski definition) is 0. The van der Waals surface area contributed by atoms with Gasteiger partial charge in [0.15, 0.2) is -0.565 Å². The lowest BCUT2D eigenvalue weighted by Crippen LogP contribution is -2.26. The van der Waals surface area contributed by atoms with Gasteiger partial charge in [-0.15, -0.1) is 0 Å². The molecule has 0 saturated heterocycles.